The van der Waals surface area contributed by atoms with Crippen molar-refractivity contribution in [3.8, 4) is 17.4 Å². The minimum atomic E-state index is -0.778. The van der Waals surface area contributed by atoms with Gasteiger partial charge in [0.15, 0.2) is 0 Å². The van der Waals surface area contributed by atoms with E-state index in [4.69, 9.17) is 9.47 Å². The highest BCUT2D eigenvalue weighted by molar-refractivity contribution is 6.10. The lowest BCUT2D eigenvalue weighted by atomic mass is 9.92. The van der Waals surface area contributed by atoms with Gasteiger partial charge >= 0.3 is 5.97 Å². The molecule has 9 heteroatoms. The molecule has 6 rings (SSSR count). The van der Waals surface area contributed by atoms with Gasteiger partial charge in [0.25, 0.3) is 5.91 Å². The number of fused-ring (bicyclic) bond motifs is 1. The first-order valence-corrected chi connectivity index (χ1v) is 14.4. The van der Waals surface area contributed by atoms with E-state index in [-0.39, 0.29) is 24.0 Å². The Morgan fingerprint density at radius 2 is 1.80 bits per heavy atom. The number of carboxylic acid groups (broad SMARTS) is 1. The molecule has 2 fully saturated rings. The predicted octanol–water partition coefficient (Wildman–Crippen LogP) is 5.09. The highest BCUT2D eigenvalue weighted by Crippen LogP contribution is 2.45. The van der Waals surface area contributed by atoms with E-state index in [9.17, 15) is 19.8 Å². The van der Waals surface area contributed by atoms with E-state index >= 15 is 0 Å². The molecule has 2 aromatic carbocycles. The molecule has 1 saturated heterocycles. The molecular formula is C32H35N3O6. The van der Waals surface area contributed by atoms with Crippen LogP contribution in [0.5, 0.6) is 17.4 Å². The number of amides is 1. The number of para-hydroxylation sites is 2. The number of aliphatic carboxylic acids is 1. The number of anilines is 2. The maximum atomic E-state index is 13.7. The molecule has 9 nitrogen and oxygen atoms in total. The lowest BCUT2D eigenvalue weighted by molar-refractivity contribution is -0.137. The van der Waals surface area contributed by atoms with Gasteiger partial charge in [-0.3, -0.25) is 9.59 Å². The Hall–Kier alpha value is -4.27. The molecule has 41 heavy (non-hydrogen) atoms. The first-order valence-electron chi connectivity index (χ1n) is 14.4. The summed E-state index contributed by atoms with van der Waals surface area (Å²) in [5.74, 6) is 1.22. The van der Waals surface area contributed by atoms with Crippen LogP contribution in [0.4, 0.5) is 11.4 Å². The van der Waals surface area contributed by atoms with Gasteiger partial charge in [0, 0.05) is 31.4 Å². The summed E-state index contributed by atoms with van der Waals surface area (Å²) in [6.07, 6.45) is 5.71. The molecule has 1 atom stereocenters. The molecule has 3 heterocycles. The second kappa shape index (κ2) is 11.7. The maximum Gasteiger partial charge on any atom is 0.303 e. The zero-order chi connectivity index (χ0) is 28.3. The number of ether oxygens (including phenoxy) is 2. The number of rotatable bonds is 9. The fourth-order valence-corrected chi connectivity index (χ4v) is 6.01. The molecule has 1 unspecified atom stereocenters. The van der Waals surface area contributed by atoms with Crippen LogP contribution >= 0.6 is 0 Å². The number of piperidine rings is 1. The van der Waals surface area contributed by atoms with E-state index in [1.165, 1.54) is 0 Å². The molecule has 0 bridgehead atoms. The maximum absolute atomic E-state index is 13.7. The summed E-state index contributed by atoms with van der Waals surface area (Å²) in [5, 5.41) is 19.6. The summed E-state index contributed by atoms with van der Waals surface area (Å²) in [7, 11) is 0. The monoisotopic (exact) mass is 557 g/mol. The van der Waals surface area contributed by atoms with Crippen LogP contribution in [0.1, 0.15) is 53.9 Å². The van der Waals surface area contributed by atoms with Crippen molar-refractivity contribution in [2.24, 2.45) is 11.8 Å². The number of hydrogen-bond acceptors (Lipinski definition) is 7. The number of hydrogen-bond donors (Lipinski definition) is 2. The van der Waals surface area contributed by atoms with Gasteiger partial charge in [0.05, 0.1) is 36.5 Å². The van der Waals surface area contributed by atoms with Crippen LogP contribution in [0, 0.1) is 11.8 Å². The van der Waals surface area contributed by atoms with E-state index in [0.29, 0.717) is 48.8 Å². The second-order valence-corrected chi connectivity index (χ2v) is 11.2. The third-order valence-corrected chi connectivity index (χ3v) is 8.38. The molecule has 3 aromatic rings. The van der Waals surface area contributed by atoms with Crippen LogP contribution in [-0.2, 0) is 4.79 Å². The highest BCUT2D eigenvalue weighted by Gasteiger charge is 2.34. The molecule has 1 saturated carbocycles. The topological polar surface area (TPSA) is 112 Å². The minimum Gasteiger partial charge on any atom is -0.508 e. The third-order valence-electron chi connectivity index (χ3n) is 8.38. The summed E-state index contributed by atoms with van der Waals surface area (Å²) in [5.41, 5.74) is 3.03. The van der Waals surface area contributed by atoms with Crippen molar-refractivity contribution in [3.05, 3.63) is 71.9 Å². The van der Waals surface area contributed by atoms with Gasteiger partial charge in [-0.15, -0.1) is 0 Å². The van der Waals surface area contributed by atoms with Crippen molar-refractivity contribution in [2.45, 2.75) is 38.0 Å². The fourth-order valence-electron chi connectivity index (χ4n) is 6.01. The average Bonchev–Trinajstić information content (AvgIpc) is 3.84. The van der Waals surface area contributed by atoms with Crippen molar-refractivity contribution < 1.29 is 29.3 Å². The summed E-state index contributed by atoms with van der Waals surface area (Å²) < 4.78 is 11.8. The summed E-state index contributed by atoms with van der Waals surface area (Å²) >= 11 is 0. The molecule has 1 aliphatic carbocycles. The Kier molecular flexibility index (Phi) is 7.67. The Morgan fingerprint density at radius 3 is 2.59 bits per heavy atom. The van der Waals surface area contributed by atoms with Crippen LogP contribution in [0.25, 0.3) is 0 Å². The number of nitrogens with zero attached hydrogens (tertiary/aromatic N) is 3. The van der Waals surface area contributed by atoms with Gasteiger partial charge in [-0.05, 0) is 79.3 Å². The molecule has 0 spiro atoms. The Morgan fingerprint density at radius 1 is 1.00 bits per heavy atom. The number of carbonyl (C=O) groups is 2. The Labute approximate surface area is 239 Å². The van der Waals surface area contributed by atoms with Gasteiger partial charge in [0.2, 0.25) is 5.88 Å². The average molecular weight is 558 g/mol. The number of aromatic nitrogens is 1. The van der Waals surface area contributed by atoms with E-state index < -0.39 is 5.97 Å². The van der Waals surface area contributed by atoms with Crippen molar-refractivity contribution >= 4 is 23.3 Å². The normalized spacial score (nSPS) is 17.9. The van der Waals surface area contributed by atoms with Crippen molar-refractivity contribution in [2.75, 3.05) is 42.6 Å². The number of phenolic OH excluding ortho intramolecular Hbond substituents is 1. The number of carboxylic acids is 1. The van der Waals surface area contributed by atoms with E-state index in [1.54, 1.807) is 29.3 Å². The van der Waals surface area contributed by atoms with Gasteiger partial charge in [-0.25, -0.2) is 4.98 Å². The number of pyridine rings is 1. The van der Waals surface area contributed by atoms with Crippen LogP contribution in [-0.4, -0.2) is 59.9 Å². The number of aromatic hydroxyl groups is 1. The zero-order valence-electron chi connectivity index (χ0n) is 22.9. The van der Waals surface area contributed by atoms with Gasteiger partial charge in [-0.2, -0.15) is 0 Å². The molecule has 214 valence electrons. The van der Waals surface area contributed by atoms with Crippen LogP contribution in [0.15, 0.2) is 60.8 Å². The number of phenols is 1. The smallest absolute Gasteiger partial charge is 0.303 e. The lowest BCUT2D eigenvalue weighted by Crippen LogP contribution is -2.40. The Bertz CT molecular complexity index is 1420. The summed E-state index contributed by atoms with van der Waals surface area (Å²) in [6.45, 7) is 2.87. The van der Waals surface area contributed by atoms with Crippen LogP contribution in [0.3, 0.4) is 0 Å². The van der Waals surface area contributed by atoms with E-state index in [1.807, 2.05) is 36.4 Å². The molecule has 2 aliphatic heterocycles. The largest absolute Gasteiger partial charge is 0.508 e. The first kappa shape index (κ1) is 26.9. The molecule has 0 radical (unpaired) electrons. The second-order valence-electron chi connectivity index (χ2n) is 11.2. The van der Waals surface area contributed by atoms with Crippen molar-refractivity contribution in [1.29, 1.82) is 0 Å². The van der Waals surface area contributed by atoms with E-state index in [2.05, 4.69) is 9.88 Å². The Balaban J connectivity index is 1.10. The summed E-state index contributed by atoms with van der Waals surface area (Å²) in [4.78, 5) is 33.4. The number of carbonyl (C=O) groups excluding carboxylic acids is 1. The fraction of sp³-hybridized carbons (Fsp3) is 0.406. The minimum absolute atomic E-state index is 0.00576. The molecular weight excluding hydrogens is 522 g/mol. The first-order chi connectivity index (χ1) is 20.0. The number of benzene rings is 2. The third kappa shape index (κ3) is 6.09. The quantitative estimate of drug-likeness (QED) is 0.374. The standard InChI is InChI=1S/C32H35N3O6/c36-24-7-8-25(32(39)35-15-16-40-29-4-2-1-3-27(29)35)28(18-24)34-13-10-21(11-14-34)20-41-30-17-23(9-12-33-30)26(19-31(37)38)22-5-6-22/h1-4,7-9,12,17-18,21-22,26,36H,5-6,10-11,13-16,19-20H2,(H,37,38). The van der Waals surface area contributed by atoms with Crippen LogP contribution < -0.4 is 19.3 Å². The molecule has 2 N–H and O–H groups in total. The SMILES string of the molecule is O=C(O)CC(c1ccnc(OCC2CCN(c3cc(O)ccc3C(=O)N3CCOc4ccccc43)CC2)c1)C1CC1. The molecule has 1 aromatic heterocycles. The van der Waals surface area contributed by atoms with Crippen LogP contribution in [0.2, 0.25) is 0 Å². The summed E-state index contributed by atoms with van der Waals surface area (Å²) in [6, 6.07) is 16.3. The van der Waals surface area contributed by atoms with Gasteiger partial charge < -0.3 is 29.5 Å². The highest BCUT2D eigenvalue weighted by atomic mass is 16.5. The van der Waals surface area contributed by atoms with Crippen molar-refractivity contribution in [1.82, 2.24) is 4.98 Å². The van der Waals surface area contributed by atoms with E-state index in [0.717, 1.165) is 55.7 Å². The van der Waals surface area contributed by atoms with Gasteiger partial charge in [0.1, 0.15) is 18.1 Å². The molecule has 3 aliphatic rings. The molecule has 1 amide bonds. The predicted molar refractivity (Wildman–Crippen MR) is 154 cm³/mol. The zero-order valence-corrected chi connectivity index (χ0v) is 22.9. The van der Waals surface area contributed by atoms with Crippen molar-refractivity contribution in [3.63, 3.8) is 0 Å². The van der Waals surface area contributed by atoms with Gasteiger partial charge in [-0.1, -0.05) is 12.1 Å². The lowest BCUT2D eigenvalue weighted by Gasteiger charge is -2.35.